The number of para-hydroxylation sites is 2. The molecular weight excluding hydrogens is 404 g/mol. The molecule has 0 saturated heterocycles. The summed E-state index contributed by atoms with van der Waals surface area (Å²) in [4.78, 5) is 45.3. The van der Waals surface area contributed by atoms with Crippen molar-refractivity contribution < 1.29 is 19.5 Å². The predicted molar refractivity (Wildman–Crippen MR) is 114 cm³/mol. The van der Waals surface area contributed by atoms with E-state index in [-0.39, 0.29) is 23.9 Å². The number of Topliss-reactive ketones (excluding diaryl/α,β-unsaturated/α-hetero) is 1. The number of carbonyl (C=O) groups excluding carboxylic acids is 2. The van der Waals surface area contributed by atoms with Crippen molar-refractivity contribution in [1.29, 1.82) is 0 Å². The van der Waals surface area contributed by atoms with Crippen molar-refractivity contribution in [2.75, 3.05) is 18.1 Å². The van der Waals surface area contributed by atoms with E-state index in [1.54, 1.807) is 25.2 Å². The van der Waals surface area contributed by atoms with Gasteiger partial charge in [0, 0.05) is 24.8 Å². The molecule has 8 nitrogen and oxygen atoms in total. The summed E-state index contributed by atoms with van der Waals surface area (Å²) in [6.45, 7) is 0.301. The second-order valence-electron chi connectivity index (χ2n) is 7.13. The van der Waals surface area contributed by atoms with Crippen LogP contribution in [0.2, 0.25) is 0 Å². The van der Waals surface area contributed by atoms with Crippen LogP contribution in [0, 0.1) is 0 Å². The first-order valence-corrected chi connectivity index (χ1v) is 10.4. The first-order valence-electron chi connectivity index (χ1n) is 9.37. The van der Waals surface area contributed by atoms with E-state index in [1.165, 1.54) is 16.7 Å². The SMILES string of the molecule is CN1Cc2cc(C(=O)CSc3nc4ccccc4[nH]3)ccc2NC(CC(=O)O)C1=O. The maximum Gasteiger partial charge on any atom is 0.305 e. The molecule has 0 radical (unpaired) electrons. The lowest BCUT2D eigenvalue weighted by Crippen LogP contribution is -2.39. The Bertz CT molecular complexity index is 1110. The molecule has 30 heavy (non-hydrogen) atoms. The Balaban J connectivity index is 1.49. The van der Waals surface area contributed by atoms with Crippen LogP contribution in [0.5, 0.6) is 0 Å². The van der Waals surface area contributed by atoms with Crippen LogP contribution >= 0.6 is 11.8 Å². The third kappa shape index (κ3) is 4.16. The molecule has 1 aromatic heterocycles. The van der Waals surface area contributed by atoms with Crippen molar-refractivity contribution in [1.82, 2.24) is 14.9 Å². The summed E-state index contributed by atoms with van der Waals surface area (Å²) in [6, 6.07) is 12.0. The average Bonchev–Trinajstić information content (AvgIpc) is 3.10. The molecule has 1 atom stereocenters. The number of ketones is 1. The van der Waals surface area contributed by atoms with Gasteiger partial charge in [0.15, 0.2) is 10.9 Å². The molecule has 0 fully saturated rings. The minimum Gasteiger partial charge on any atom is -0.481 e. The van der Waals surface area contributed by atoms with Crippen molar-refractivity contribution in [2.45, 2.75) is 24.2 Å². The Hall–Kier alpha value is -3.33. The van der Waals surface area contributed by atoms with Crippen LogP contribution < -0.4 is 5.32 Å². The zero-order valence-corrected chi connectivity index (χ0v) is 17.0. The Morgan fingerprint density at radius 2 is 2.07 bits per heavy atom. The fourth-order valence-corrected chi connectivity index (χ4v) is 4.20. The predicted octanol–water partition coefficient (Wildman–Crippen LogP) is 2.77. The topological polar surface area (TPSA) is 115 Å². The van der Waals surface area contributed by atoms with E-state index in [4.69, 9.17) is 5.11 Å². The van der Waals surface area contributed by atoms with Gasteiger partial charge >= 0.3 is 5.97 Å². The Morgan fingerprint density at radius 3 is 2.83 bits per heavy atom. The van der Waals surface area contributed by atoms with Crippen LogP contribution in [0.4, 0.5) is 5.69 Å². The molecule has 4 rings (SSSR count). The fraction of sp³-hybridized carbons (Fsp3) is 0.238. The lowest BCUT2D eigenvalue weighted by molar-refractivity contribution is -0.141. The number of amides is 1. The number of anilines is 1. The van der Waals surface area contributed by atoms with Gasteiger partial charge < -0.3 is 20.3 Å². The minimum absolute atomic E-state index is 0.0523. The number of likely N-dealkylation sites (N-methyl/N-ethyl adjacent to an activating group) is 1. The zero-order chi connectivity index (χ0) is 21.3. The number of rotatable bonds is 6. The highest BCUT2D eigenvalue weighted by molar-refractivity contribution is 7.99. The maximum absolute atomic E-state index is 12.7. The largest absolute Gasteiger partial charge is 0.481 e. The van der Waals surface area contributed by atoms with Crippen LogP contribution in [0.3, 0.4) is 0 Å². The number of H-pyrrole nitrogens is 1. The molecule has 0 aliphatic carbocycles. The van der Waals surface area contributed by atoms with Crippen molar-refractivity contribution in [2.24, 2.45) is 0 Å². The zero-order valence-electron chi connectivity index (χ0n) is 16.2. The van der Waals surface area contributed by atoms with Crippen LogP contribution in [-0.4, -0.2) is 56.5 Å². The molecule has 3 N–H and O–H groups in total. The lowest BCUT2D eigenvalue weighted by Gasteiger charge is -2.19. The van der Waals surface area contributed by atoms with E-state index in [0.29, 0.717) is 23.0 Å². The van der Waals surface area contributed by atoms with Crippen LogP contribution in [0.25, 0.3) is 11.0 Å². The average molecular weight is 424 g/mol. The van der Waals surface area contributed by atoms with Gasteiger partial charge in [-0.15, -0.1) is 0 Å². The van der Waals surface area contributed by atoms with Gasteiger partial charge in [-0.1, -0.05) is 23.9 Å². The summed E-state index contributed by atoms with van der Waals surface area (Å²) in [5.41, 5.74) is 3.76. The molecule has 1 aliphatic heterocycles. The Kier molecular flexibility index (Phi) is 5.45. The maximum atomic E-state index is 12.7. The summed E-state index contributed by atoms with van der Waals surface area (Å²) in [6.07, 6.45) is -0.308. The first-order chi connectivity index (χ1) is 14.4. The number of aliphatic carboxylic acids is 1. The summed E-state index contributed by atoms with van der Waals surface area (Å²) in [5.74, 6) is -1.17. The summed E-state index contributed by atoms with van der Waals surface area (Å²) in [7, 11) is 1.62. The second-order valence-corrected chi connectivity index (χ2v) is 8.10. The van der Waals surface area contributed by atoms with Crippen LogP contribution in [-0.2, 0) is 16.1 Å². The number of benzene rings is 2. The number of hydrogen-bond donors (Lipinski definition) is 3. The molecule has 2 aromatic carbocycles. The smallest absolute Gasteiger partial charge is 0.305 e. The van der Waals surface area contributed by atoms with Crippen molar-refractivity contribution in [3.05, 3.63) is 53.6 Å². The molecule has 1 unspecified atom stereocenters. The standard InChI is InChI=1S/C21H20N4O4S/c1-25-10-13-8-12(6-7-14(13)22-17(20(25)29)9-19(27)28)18(26)11-30-21-23-15-4-2-3-5-16(15)24-21/h2-8,17,22H,9-11H2,1H3,(H,23,24)(H,27,28). The van der Waals surface area contributed by atoms with E-state index in [1.807, 2.05) is 24.3 Å². The van der Waals surface area contributed by atoms with Crippen LogP contribution in [0.1, 0.15) is 22.3 Å². The van der Waals surface area contributed by atoms with Crippen molar-refractivity contribution in [3.63, 3.8) is 0 Å². The number of imidazole rings is 1. The third-order valence-electron chi connectivity index (χ3n) is 4.93. The molecule has 2 heterocycles. The highest BCUT2D eigenvalue weighted by atomic mass is 32.2. The van der Waals surface area contributed by atoms with Gasteiger partial charge in [-0.2, -0.15) is 0 Å². The number of aromatic amines is 1. The highest BCUT2D eigenvalue weighted by Crippen LogP contribution is 2.26. The Labute approximate surface area is 176 Å². The molecule has 3 aromatic rings. The highest BCUT2D eigenvalue weighted by Gasteiger charge is 2.29. The van der Waals surface area contributed by atoms with E-state index in [0.717, 1.165) is 16.6 Å². The number of nitrogens with zero attached hydrogens (tertiary/aromatic N) is 2. The monoisotopic (exact) mass is 424 g/mol. The molecule has 0 spiro atoms. The molecule has 0 saturated carbocycles. The number of thioether (sulfide) groups is 1. The molecule has 9 heteroatoms. The number of hydrogen-bond acceptors (Lipinski definition) is 6. The van der Waals surface area contributed by atoms with Gasteiger partial charge in [0.25, 0.3) is 0 Å². The second kappa shape index (κ2) is 8.19. The van der Waals surface area contributed by atoms with Gasteiger partial charge in [0.1, 0.15) is 6.04 Å². The Morgan fingerprint density at radius 1 is 1.27 bits per heavy atom. The number of aromatic nitrogens is 2. The third-order valence-corrected chi connectivity index (χ3v) is 5.80. The number of fused-ring (bicyclic) bond motifs is 2. The van der Waals surface area contributed by atoms with E-state index < -0.39 is 12.0 Å². The van der Waals surface area contributed by atoms with Gasteiger partial charge in [0.05, 0.1) is 23.2 Å². The van der Waals surface area contributed by atoms with Crippen molar-refractivity contribution in [3.8, 4) is 0 Å². The summed E-state index contributed by atoms with van der Waals surface area (Å²) in [5, 5.41) is 12.7. The summed E-state index contributed by atoms with van der Waals surface area (Å²) >= 11 is 1.34. The molecule has 0 bridgehead atoms. The quantitative estimate of drug-likeness (QED) is 0.412. The summed E-state index contributed by atoms with van der Waals surface area (Å²) < 4.78 is 0. The normalized spacial score (nSPS) is 16.1. The molecule has 1 aliphatic rings. The number of carboxylic acids is 1. The first kappa shape index (κ1) is 20.0. The van der Waals surface area contributed by atoms with Gasteiger partial charge in [0.2, 0.25) is 5.91 Å². The number of carbonyl (C=O) groups is 3. The fourth-order valence-electron chi connectivity index (χ4n) is 3.42. The van der Waals surface area contributed by atoms with E-state index in [9.17, 15) is 14.4 Å². The van der Waals surface area contributed by atoms with Gasteiger partial charge in [-0.3, -0.25) is 14.4 Å². The molecule has 154 valence electrons. The number of nitrogens with one attached hydrogen (secondary N) is 2. The molecule has 1 amide bonds. The molecular formula is C21H20N4O4S. The van der Waals surface area contributed by atoms with E-state index >= 15 is 0 Å². The van der Waals surface area contributed by atoms with Crippen molar-refractivity contribution >= 4 is 46.1 Å². The van der Waals surface area contributed by atoms with Crippen LogP contribution in [0.15, 0.2) is 47.6 Å². The van der Waals surface area contributed by atoms with Gasteiger partial charge in [-0.25, -0.2) is 4.98 Å². The number of carboxylic acid groups (broad SMARTS) is 1. The van der Waals surface area contributed by atoms with E-state index in [2.05, 4.69) is 15.3 Å². The lowest BCUT2D eigenvalue weighted by atomic mass is 10.1. The minimum atomic E-state index is -1.05. The van der Waals surface area contributed by atoms with Gasteiger partial charge in [-0.05, 0) is 35.9 Å².